The Morgan fingerprint density at radius 2 is 2.27 bits per heavy atom. The van der Waals surface area contributed by atoms with Crippen LogP contribution in [0, 0.1) is 0 Å². The highest BCUT2D eigenvalue weighted by atomic mass is 35.5. The first kappa shape index (κ1) is 9.73. The average molecular weight is 222 g/mol. The van der Waals surface area contributed by atoms with Gasteiger partial charge in [-0.2, -0.15) is 5.10 Å². The van der Waals surface area contributed by atoms with Crippen molar-refractivity contribution in [2.24, 2.45) is 0 Å². The number of carbonyl (C=O) groups excluding carboxylic acids is 1. The Morgan fingerprint density at radius 1 is 1.40 bits per heavy atom. The van der Waals surface area contributed by atoms with Crippen LogP contribution in [0.2, 0.25) is 5.02 Å². The van der Waals surface area contributed by atoms with Crippen molar-refractivity contribution in [1.82, 2.24) is 10.2 Å². The zero-order valence-electron chi connectivity index (χ0n) is 7.70. The lowest BCUT2D eigenvalue weighted by Gasteiger charge is -2.06. The molecule has 0 unspecified atom stereocenters. The molecule has 76 valence electrons. The molecule has 0 aliphatic heterocycles. The summed E-state index contributed by atoms with van der Waals surface area (Å²) in [6, 6.07) is 7.08. The van der Waals surface area contributed by atoms with E-state index in [1.54, 1.807) is 18.3 Å². The van der Waals surface area contributed by atoms with E-state index in [2.05, 4.69) is 15.5 Å². The van der Waals surface area contributed by atoms with Gasteiger partial charge in [-0.05, 0) is 24.3 Å². The normalized spacial score (nSPS) is 9.93. The fourth-order valence-corrected chi connectivity index (χ4v) is 1.51. The lowest BCUT2D eigenvalue weighted by atomic mass is 10.1. The Labute approximate surface area is 91.3 Å². The van der Waals surface area contributed by atoms with Crippen LogP contribution in [0.15, 0.2) is 30.5 Å². The molecular weight excluding hydrogens is 214 g/mol. The molecule has 0 fully saturated rings. The van der Waals surface area contributed by atoms with Crippen LogP contribution in [0.3, 0.4) is 0 Å². The van der Waals surface area contributed by atoms with Crippen LogP contribution in [0.4, 0.5) is 5.69 Å². The Kier molecular flexibility index (Phi) is 2.69. The predicted molar refractivity (Wildman–Crippen MR) is 58.7 cm³/mol. The molecule has 1 aromatic carbocycles. The van der Waals surface area contributed by atoms with Gasteiger partial charge in [0, 0.05) is 16.8 Å². The molecule has 0 bridgehead atoms. The fraction of sp³-hybridized carbons (Fsp3) is 0. The van der Waals surface area contributed by atoms with E-state index in [4.69, 9.17) is 11.6 Å². The third kappa shape index (κ3) is 1.99. The van der Waals surface area contributed by atoms with E-state index in [9.17, 15) is 4.79 Å². The highest BCUT2D eigenvalue weighted by molar-refractivity contribution is 6.31. The van der Waals surface area contributed by atoms with Crippen LogP contribution >= 0.6 is 11.6 Å². The number of carbonyl (C=O) groups is 1. The predicted octanol–water partition coefficient (Wildman–Crippen LogP) is 2.30. The minimum Gasteiger partial charge on any atom is -0.328 e. The van der Waals surface area contributed by atoms with Crippen molar-refractivity contribution in [3.8, 4) is 11.3 Å². The molecular formula is C10H8ClN3O. The molecule has 0 radical (unpaired) electrons. The molecule has 2 aromatic rings. The summed E-state index contributed by atoms with van der Waals surface area (Å²) in [6.45, 7) is 0. The molecule has 5 heteroatoms. The third-order valence-electron chi connectivity index (χ3n) is 1.99. The van der Waals surface area contributed by atoms with Crippen molar-refractivity contribution in [3.63, 3.8) is 0 Å². The van der Waals surface area contributed by atoms with E-state index in [-0.39, 0.29) is 0 Å². The van der Waals surface area contributed by atoms with Crippen molar-refractivity contribution in [3.05, 3.63) is 35.5 Å². The highest BCUT2D eigenvalue weighted by Gasteiger charge is 2.06. The van der Waals surface area contributed by atoms with Crippen molar-refractivity contribution in [2.75, 3.05) is 5.32 Å². The van der Waals surface area contributed by atoms with Gasteiger partial charge in [-0.25, -0.2) is 0 Å². The number of anilines is 1. The van der Waals surface area contributed by atoms with Gasteiger partial charge in [0.15, 0.2) is 0 Å². The number of benzene rings is 1. The van der Waals surface area contributed by atoms with Gasteiger partial charge in [-0.1, -0.05) is 11.6 Å². The summed E-state index contributed by atoms with van der Waals surface area (Å²) in [5.41, 5.74) is 2.33. The second-order valence-corrected chi connectivity index (χ2v) is 3.36. The van der Waals surface area contributed by atoms with Gasteiger partial charge in [0.2, 0.25) is 6.41 Å². The lowest BCUT2D eigenvalue weighted by molar-refractivity contribution is -0.105. The molecule has 1 amide bonds. The summed E-state index contributed by atoms with van der Waals surface area (Å²) in [5.74, 6) is 0. The number of rotatable bonds is 3. The van der Waals surface area contributed by atoms with Crippen LogP contribution in [-0.2, 0) is 4.79 Å². The Bertz CT molecular complexity index is 468. The monoisotopic (exact) mass is 221 g/mol. The van der Waals surface area contributed by atoms with E-state index in [0.29, 0.717) is 17.1 Å². The van der Waals surface area contributed by atoms with Crippen LogP contribution < -0.4 is 5.32 Å². The molecule has 4 nitrogen and oxygen atoms in total. The number of hydrogen-bond acceptors (Lipinski definition) is 2. The molecule has 15 heavy (non-hydrogen) atoms. The molecule has 2 N–H and O–H groups in total. The number of hydrogen-bond donors (Lipinski definition) is 2. The quantitative estimate of drug-likeness (QED) is 0.782. The Morgan fingerprint density at radius 3 is 2.93 bits per heavy atom. The molecule has 0 atom stereocenters. The van der Waals surface area contributed by atoms with Gasteiger partial charge in [-0.3, -0.25) is 9.89 Å². The summed E-state index contributed by atoms with van der Waals surface area (Å²) in [7, 11) is 0. The van der Waals surface area contributed by atoms with Gasteiger partial charge in [0.25, 0.3) is 0 Å². The van der Waals surface area contributed by atoms with Gasteiger partial charge < -0.3 is 5.32 Å². The number of nitrogens with zero attached hydrogens (tertiary/aromatic N) is 1. The molecule has 0 spiro atoms. The van der Waals surface area contributed by atoms with Crippen molar-refractivity contribution < 1.29 is 4.79 Å². The maximum absolute atomic E-state index is 10.4. The molecule has 0 saturated carbocycles. The highest BCUT2D eigenvalue weighted by Crippen LogP contribution is 2.28. The second-order valence-electron chi connectivity index (χ2n) is 2.92. The first-order valence-corrected chi connectivity index (χ1v) is 4.68. The maximum Gasteiger partial charge on any atom is 0.211 e. The number of amides is 1. The molecule has 0 saturated heterocycles. The number of halogens is 1. The zero-order chi connectivity index (χ0) is 10.7. The molecule has 1 heterocycles. The third-order valence-corrected chi connectivity index (χ3v) is 2.22. The van der Waals surface area contributed by atoms with E-state index in [1.165, 1.54) is 0 Å². The van der Waals surface area contributed by atoms with Crippen molar-refractivity contribution in [2.45, 2.75) is 0 Å². The number of nitrogens with one attached hydrogen (secondary N) is 2. The minimum atomic E-state index is 0.572. The number of aromatic amines is 1. The van der Waals surface area contributed by atoms with Crippen molar-refractivity contribution in [1.29, 1.82) is 0 Å². The molecule has 0 aliphatic rings. The van der Waals surface area contributed by atoms with Gasteiger partial charge >= 0.3 is 0 Å². The first-order chi connectivity index (χ1) is 7.31. The van der Waals surface area contributed by atoms with Crippen LogP contribution in [0.25, 0.3) is 11.3 Å². The summed E-state index contributed by atoms with van der Waals surface area (Å²) >= 11 is 5.83. The SMILES string of the molecule is O=CNc1cc(Cl)ccc1-c1ccn[nH]1. The lowest BCUT2D eigenvalue weighted by Crippen LogP contribution is -1.96. The van der Waals surface area contributed by atoms with E-state index in [0.717, 1.165) is 11.3 Å². The van der Waals surface area contributed by atoms with Crippen LogP contribution in [0.1, 0.15) is 0 Å². The first-order valence-electron chi connectivity index (χ1n) is 4.31. The molecule has 2 rings (SSSR count). The van der Waals surface area contributed by atoms with Crippen molar-refractivity contribution >= 4 is 23.7 Å². The maximum atomic E-state index is 10.4. The van der Waals surface area contributed by atoms with Gasteiger partial charge in [0.1, 0.15) is 0 Å². The largest absolute Gasteiger partial charge is 0.328 e. The van der Waals surface area contributed by atoms with Crippen LogP contribution in [-0.4, -0.2) is 16.6 Å². The zero-order valence-corrected chi connectivity index (χ0v) is 8.45. The van der Waals surface area contributed by atoms with Gasteiger partial charge in [-0.15, -0.1) is 0 Å². The van der Waals surface area contributed by atoms with E-state index in [1.807, 2.05) is 12.1 Å². The van der Waals surface area contributed by atoms with E-state index >= 15 is 0 Å². The molecule has 1 aromatic heterocycles. The summed E-state index contributed by atoms with van der Waals surface area (Å²) < 4.78 is 0. The topological polar surface area (TPSA) is 57.8 Å². The summed E-state index contributed by atoms with van der Waals surface area (Å²) in [5, 5.41) is 9.84. The standard InChI is InChI=1S/C10H8ClN3O/c11-7-1-2-8(9-3-4-13-14-9)10(5-7)12-6-15/h1-6H,(H,12,15)(H,13,14). The Hall–Kier alpha value is -1.81. The second kappa shape index (κ2) is 4.14. The number of aromatic nitrogens is 2. The van der Waals surface area contributed by atoms with Gasteiger partial charge in [0.05, 0.1) is 11.4 Å². The average Bonchev–Trinajstić information content (AvgIpc) is 2.71. The smallest absolute Gasteiger partial charge is 0.211 e. The summed E-state index contributed by atoms with van der Waals surface area (Å²) in [4.78, 5) is 10.4. The van der Waals surface area contributed by atoms with Crippen LogP contribution in [0.5, 0.6) is 0 Å². The van der Waals surface area contributed by atoms with E-state index < -0.39 is 0 Å². The summed E-state index contributed by atoms with van der Waals surface area (Å²) in [6.07, 6.45) is 2.26. The minimum absolute atomic E-state index is 0.572. The Balaban J connectivity index is 2.50. The fourth-order valence-electron chi connectivity index (χ4n) is 1.34. The molecule has 0 aliphatic carbocycles. The number of H-pyrrole nitrogens is 1.